The Bertz CT molecular complexity index is 1240. The predicted octanol–water partition coefficient (Wildman–Crippen LogP) is 3.84. The molecule has 1 saturated heterocycles. The molecule has 2 aromatic carbocycles. The average Bonchev–Trinajstić information content (AvgIpc) is 2.87. The van der Waals surface area contributed by atoms with Gasteiger partial charge < -0.3 is 15.0 Å². The molecule has 0 aliphatic carbocycles. The number of piperazine rings is 1. The number of esters is 1. The maximum absolute atomic E-state index is 13.7. The van der Waals surface area contributed by atoms with Crippen LogP contribution >= 0.6 is 11.6 Å². The Hall–Kier alpha value is -3.43. The van der Waals surface area contributed by atoms with Gasteiger partial charge >= 0.3 is 12.0 Å². The van der Waals surface area contributed by atoms with Crippen molar-refractivity contribution >= 4 is 29.5 Å². The summed E-state index contributed by atoms with van der Waals surface area (Å²) >= 11 is 6.44. The zero-order chi connectivity index (χ0) is 26.7. The summed E-state index contributed by atoms with van der Waals surface area (Å²) in [5.74, 6) is -1.21. The number of hydrogen-bond donors (Lipinski definition) is 1. The molecule has 196 valence electrons. The van der Waals surface area contributed by atoms with Crippen LogP contribution in [0.15, 0.2) is 59.8 Å². The van der Waals surface area contributed by atoms with Gasteiger partial charge in [0.2, 0.25) is 0 Å². The van der Waals surface area contributed by atoms with E-state index in [2.05, 4.69) is 10.2 Å². The van der Waals surface area contributed by atoms with Gasteiger partial charge in [-0.1, -0.05) is 35.9 Å². The first-order valence-corrected chi connectivity index (χ1v) is 12.6. The number of rotatable bonds is 6. The second-order valence-corrected chi connectivity index (χ2v) is 9.54. The van der Waals surface area contributed by atoms with Crippen molar-refractivity contribution in [2.75, 3.05) is 39.8 Å². The Labute approximate surface area is 220 Å². The van der Waals surface area contributed by atoms with Gasteiger partial charge in [-0.05, 0) is 43.7 Å². The fourth-order valence-corrected chi connectivity index (χ4v) is 5.06. The Morgan fingerprint density at radius 3 is 2.59 bits per heavy atom. The highest BCUT2D eigenvalue weighted by Crippen LogP contribution is 2.35. The number of urea groups is 1. The number of nitrogens with zero attached hydrogens (tertiary/aromatic N) is 3. The van der Waals surface area contributed by atoms with Gasteiger partial charge in [0.15, 0.2) is 0 Å². The lowest BCUT2D eigenvalue weighted by Gasteiger charge is -2.42. The molecular weight excluding hydrogens is 499 g/mol. The lowest BCUT2D eigenvalue weighted by Crippen LogP contribution is -2.56. The summed E-state index contributed by atoms with van der Waals surface area (Å²) in [5, 5.41) is 3.30. The number of halogens is 2. The first-order valence-electron chi connectivity index (χ1n) is 12.2. The van der Waals surface area contributed by atoms with Gasteiger partial charge in [0.05, 0.1) is 18.2 Å². The first-order chi connectivity index (χ1) is 17.7. The van der Waals surface area contributed by atoms with E-state index >= 15 is 0 Å². The second-order valence-electron chi connectivity index (χ2n) is 9.14. The molecule has 2 heterocycles. The fourth-order valence-electron chi connectivity index (χ4n) is 4.82. The van der Waals surface area contributed by atoms with Crippen LogP contribution < -0.4 is 5.32 Å². The number of nitrogens with one attached hydrogen (secondary N) is 1. The smallest absolute Gasteiger partial charge is 0.338 e. The van der Waals surface area contributed by atoms with Crippen molar-refractivity contribution in [2.45, 2.75) is 25.9 Å². The minimum Gasteiger partial charge on any atom is -0.463 e. The van der Waals surface area contributed by atoms with Gasteiger partial charge in [-0.2, -0.15) is 0 Å². The molecule has 3 amide bonds. The topological polar surface area (TPSA) is 82.2 Å². The highest BCUT2D eigenvalue weighted by molar-refractivity contribution is 6.31. The molecule has 10 heteroatoms. The van der Waals surface area contributed by atoms with E-state index in [0.29, 0.717) is 53.6 Å². The zero-order valence-corrected chi connectivity index (χ0v) is 21.8. The van der Waals surface area contributed by atoms with Gasteiger partial charge in [-0.15, -0.1) is 0 Å². The third-order valence-corrected chi connectivity index (χ3v) is 7.05. The first kappa shape index (κ1) is 26.6. The molecule has 1 fully saturated rings. The van der Waals surface area contributed by atoms with Gasteiger partial charge in [0.25, 0.3) is 5.91 Å². The molecule has 37 heavy (non-hydrogen) atoms. The van der Waals surface area contributed by atoms with Crippen LogP contribution in [0.5, 0.6) is 0 Å². The van der Waals surface area contributed by atoms with Crippen LogP contribution in [0.3, 0.4) is 0 Å². The Balaban J connectivity index is 1.61. The number of hydrogen-bond acceptors (Lipinski definition) is 5. The number of amides is 3. The maximum atomic E-state index is 13.7. The van der Waals surface area contributed by atoms with Gasteiger partial charge in [0, 0.05) is 55.6 Å². The van der Waals surface area contributed by atoms with E-state index in [4.69, 9.17) is 16.3 Å². The lowest BCUT2D eigenvalue weighted by atomic mass is 9.94. The average molecular weight is 529 g/mol. The quantitative estimate of drug-likeness (QED) is 0.576. The van der Waals surface area contributed by atoms with Crippen LogP contribution in [0.4, 0.5) is 9.18 Å². The lowest BCUT2D eigenvalue weighted by molar-refractivity contribution is -0.139. The summed E-state index contributed by atoms with van der Waals surface area (Å²) in [7, 11) is 1.61. The van der Waals surface area contributed by atoms with Crippen molar-refractivity contribution in [3.8, 4) is 0 Å². The summed E-state index contributed by atoms with van der Waals surface area (Å²) in [6, 6.07) is 11.4. The number of benzene rings is 2. The third-order valence-electron chi connectivity index (χ3n) is 6.71. The van der Waals surface area contributed by atoms with E-state index in [1.165, 1.54) is 23.1 Å². The largest absolute Gasteiger partial charge is 0.463 e. The predicted molar refractivity (Wildman–Crippen MR) is 137 cm³/mol. The van der Waals surface area contributed by atoms with E-state index in [-0.39, 0.29) is 24.6 Å². The van der Waals surface area contributed by atoms with Crippen molar-refractivity contribution in [1.29, 1.82) is 0 Å². The SMILES string of the molecule is CCOC(=O)C1=C(CN2CCN(C(=O)c3cccc(F)c3)[C@@H](C)C2)N(C)C(=O)N[C@@H]1c1ccccc1Cl. The molecular formula is C27H30ClFN4O4. The van der Waals surface area contributed by atoms with E-state index < -0.39 is 17.8 Å². The molecule has 2 aromatic rings. The molecule has 1 N–H and O–H groups in total. The summed E-state index contributed by atoms with van der Waals surface area (Å²) in [4.78, 5) is 44.4. The zero-order valence-electron chi connectivity index (χ0n) is 21.0. The molecule has 0 unspecified atom stereocenters. The molecule has 8 nitrogen and oxygen atoms in total. The van der Waals surface area contributed by atoms with E-state index in [9.17, 15) is 18.8 Å². The van der Waals surface area contributed by atoms with Crippen LogP contribution in [-0.4, -0.2) is 78.5 Å². The molecule has 2 atom stereocenters. The summed E-state index contributed by atoms with van der Waals surface area (Å²) < 4.78 is 19.0. The second kappa shape index (κ2) is 11.3. The number of likely N-dealkylation sites (N-methyl/N-ethyl adjacent to an activating group) is 1. The molecule has 0 spiro atoms. The van der Waals surface area contributed by atoms with Crippen LogP contribution in [0.1, 0.15) is 35.8 Å². The number of carbonyl (C=O) groups is 3. The Kier molecular flexibility index (Phi) is 8.14. The standard InChI is InChI=1S/C27H30ClFN4O4/c1-4-37-26(35)23-22(31(3)27(36)30-24(23)20-10-5-6-11-21(20)28)16-32-12-13-33(17(2)15-32)25(34)18-8-7-9-19(29)14-18/h5-11,14,17,24H,4,12-13,15-16H2,1-3H3,(H,30,36)/t17-,24+/m0/s1. The van der Waals surface area contributed by atoms with E-state index in [1.807, 2.05) is 6.92 Å². The van der Waals surface area contributed by atoms with Crippen molar-refractivity contribution in [3.05, 3.63) is 81.8 Å². The minimum atomic E-state index is -0.764. The summed E-state index contributed by atoms with van der Waals surface area (Å²) in [5.41, 5.74) is 1.75. The molecule has 2 aliphatic heterocycles. The van der Waals surface area contributed by atoms with Crippen molar-refractivity contribution in [1.82, 2.24) is 20.0 Å². The van der Waals surface area contributed by atoms with Crippen LogP contribution in [0.25, 0.3) is 0 Å². The van der Waals surface area contributed by atoms with Crippen molar-refractivity contribution in [2.24, 2.45) is 0 Å². The Morgan fingerprint density at radius 2 is 1.92 bits per heavy atom. The molecule has 4 rings (SSSR count). The number of ether oxygens (including phenoxy) is 1. The molecule has 0 bridgehead atoms. The highest BCUT2D eigenvalue weighted by Gasteiger charge is 2.39. The fraction of sp³-hybridized carbons (Fsp3) is 0.370. The minimum absolute atomic E-state index is 0.168. The third kappa shape index (κ3) is 5.62. The van der Waals surface area contributed by atoms with Crippen LogP contribution in [-0.2, 0) is 9.53 Å². The summed E-state index contributed by atoms with van der Waals surface area (Å²) in [6.45, 7) is 5.57. The molecule has 2 aliphatic rings. The maximum Gasteiger partial charge on any atom is 0.338 e. The normalized spacial score (nSPS) is 20.6. The van der Waals surface area contributed by atoms with Crippen molar-refractivity contribution < 1.29 is 23.5 Å². The van der Waals surface area contributed by atoms with Gasteiger partial charge in [0.1, 0.15) is 5.82 Å². The molecule has 0 radical (unpaired) electrons. The highest BCUT2D eigenvalue weighted by atomic mass is 35.5. The van der Waals surface area contributed by atoms with Gasteiger partial charge in [-0.3, -0.25) is 14.6 Å². The van der Waals surface area contributed by atoms with Crippen LogP contribution in [0.2, 0.25) is 5.02 Å². The van der Waals surface area contributed by atoms with E-state index in [1.54, 1.807) is 49.2 Å². The van der Waals surface area contributed by atoms with Gasteiger partial charge in [-0.25, -0.2) is 14.0 Å². The molecule has 0 aromatic heterocycles. The van der Waals surface area contributed by atoms with Crippen LogP contribution in [0, 0.1) is 5.82 Å². The molecule has 0 saturated carbocycles. The monoisotopic (exact) mass is 528 g/mol. The Morgan fingerprint density at radius 1 is 1.16 bits per heavy atom. The van der Waals surface area contributed by atoms with Crippen molar-refractivity contribution in [3.63, 3.8) is 0 Å². The summed E-state index contributed by atoms with van der Waals surface area (Å²) in [6.07, 6.45) is 0. The van der Waals surface area contributed by atoms with E-state index in [0.717, 1.165) is 0 Å². The number of carbonyl (C=O) groups excluding carboxylic acids is 3.